The topological polar surface area (TPSA) is 82.1 Å². The van der Waals surface area contributed by atoms with Crippen LogP contribution in [-0.4, -0.2) is 39.4 Å². The van der Waals surface area contributed by atoms with Crippen molar-refractivity contribution in [2.24, 2.45) is 11.8 Å². The molecule has 0 radical (unpaired) electrons. The van der Waals surface area contributed by atoms with Crippen LogP contribution in [-0.2, 0) is 6.54 Å². The molecule has 7 nitrogen and oxygen atoms in total. The van der Waals surface area contributed by atoms with Gasteiger partial charge >= 0.3 is 0 Å². The van der Waals surface area contributed by atoms with E-state index in [1.54, 1.807) is 0 Å². The lowest BCUT2D eigenvalue weighted by Crippen LogP contribution is -2.34. The van der Waals surface area contributed by atoms with Crippen LogP contribution in [0.5, 0.6) is 5.75 Å². The predicted molar refractivity (Wildman–Crippen MR) is 129 cm³/mol. The molecule has 182 valence electrons. The molecule has 1 aliphatic heterocycles. The van der Waals surface area contributed by atoms with Gasteiger partial charge in [-0.15, -0.1) is 0 Å². The number of hydrogen-bond acceptors (Lipinski definition) is 6. The quantitative estimate of drug-likeness (QED) is 0.353. The SMILES string of the molecule is CC(C)Cn1cc(-c2cnc(N3CCC(CCCOc4cc(F)c(N)c(F)c4)CC3)nc2)cn1. The maximum absolute atomic E-state index is 13.5. The van der Waals surface area contributed by atoms with Crippen LogP contribution < -0.4 is 15.4 Å². The molecule has 2 aromatic heterocycles. The molecule has 2 N–H and O–H groups in total. The Hall–Kier alpha value is -3.23. The van der Waals surface area contributed by atoms with Crippen LogP contribution in [0, 0.1) is 23.5 Å². The van der Waals surface area contributed by atoms with Gasteiger partial charge in [0.15, 0.2) is 11.6 Å². The van der Waals surface area contributed by atoms with Crippen molar-refractivity contribution >= 4 is 11.6 Å². The van der Waals surface area contributed by atoms with E-state index < -0.39 is 17.3 Å². The highest BCUT2D eigenvalue weighted by Gasteiger charge is 2.21. The van der Waals surface area contributed by atoms with Crippen LogP contribution in [0.25, 0.3) is 11.1 Å². The third kappa shape index (κ3) is 6.01. The second kappa shape index (κ2) is 10.8. The molecular weight excluding hydrogens is 438 g/mol. The average Bonchev–Trinajstić information content (AvgIpc) is 3.28. The van der Waals surface area contributed by atoms with Gasteiger partial charge in [0.05, 0.1) is 12.8 Å². The summed E-state index contributed by atoms with van der Waals surface area (Å²) >= 11 is 0. The van der Waals surface area contributed by atoms with Crippen molar-refractivity contribution in [3.63, 3.8) is 0 Å². The number of benzene rings is 1. The van der Waals surface area contributed by atoms with Crippen LogP contribution in [0.3, 0.4) is 0 Å². The Morgan fingerprint density at radius 2 is 1.74 bits per heavy atom. The standard InChI is InChI=1S/C25H32F2N6O/c1-17(2)15-33-16-20(14-31-33)19-12-29-25(30-13-19)32-7-5-18(6-8-32)4-3-9-34-21-10-22(26)24(28)23(27)11-21/h10-14,16-18H,3-9,15,28H2,1-2H3. The number of nitrogens with two attached hydrogens (primary N) is 1. The number of anilines is 2. The highest BCUT2D eigenvalue weighted by atomic mass is 19.1. The average molecular weight is 471 g/mol. The maximum Gasteiger partial charge on any atom is 0.225 e. The number of halogens is 2. The predicted octanol–water partition coefficient (Wildman–Crippen LogP) is 4.93. The molecule has 0 unspecified atom stereocenters. The molecule has 0 aliphatic carbocycles. The summed E-state index contributed by atoms with van der Waals surface area (Å²) in [7, 11) is 0. The smallest absolute Gasteiger partial charge is 0.225 e. The zero-order valence-corrected chi connectivity index (χ0v) is 19.8. The number of piperidine rings is 1. The molecule has 0 atom stereocenters. The van der Waals surface area contributed by atoms with Gasteiger partial charge in [-0.2, -0.15) is 5.10 Å². The zero-order valence-electron chi connectivity index (χ0n) is 19.8. The molecule has 1 fully saturated rings. The monoisotopic (exact) mass is 470 g/mol. The minimum atomic E-state index is -0.793. The molecule has 1 aliphatic rings. The maximum atomic E-state index is 13.5. The zero-order chi connectivity index (χ0) is 24.1. The number of ether oxygens (including phenoxy) is 1. The van der Waals surface area contributed by atoms with Crippen molar-refractivity contribution in [1.29, 1.82) is 0 Å². The van der Waals surface area contributed by atoms with Gasteiger partial charge < -0.3 is 15.4 Å². The molecule has 3 aromatic rings. The van der Waals surface area contributed by atoms with E-state index in [4.69, 9.17) is 10.5 Å². The summed E-state index contributed by atoms with van der Waals surface area (Å²) in [6, 6.07) is 2.25. The minimum absolute atomic E-state index is 0.173. The second-order valence-corrected chi connectivity index (χ2v) is 9.34. The Morgan fingerprint density at radius 3 is 2.38 bits per heavy atom. The fourth-order valence-electron chi connectivity index (χ4n) is 4.25. The molecular formula is C25H32F2N6O. The summed E-state index contributed by atoms with van der Waals surface area (Å²) in [5.74, 6) is 0.475. The number of nitrogens with zero attached hydrogens (tertiary/aromatic N) is 5. The molecule has 34 heavy (non-hydrogen) atoms. The van der Waals surface area contributed by atoms with Crippen molar-refractivity contribution < 1.29 is 13.5 Å². The summed E-state index contributed by atoms with van der Waals surface area (Å²) < 4.78 is 34.5. The lowest BCUT2D eigenvalue weighted by Gasteiger charge is -2.32. The third-order valence-electron chi connectivity index (χ3n) is 6.13. The van der Waals surface area contributed by atoms with Crippen LogP contribution in [0.2, 0.25) is 0 Å². The Morgan fingerprint density at radius 1 is 1.06 bits per heavy atom. The largest absolute Gasteiger partial charge is 0.493 e. The number of rotatable bonds is 9. The summed E-state index contributed by atoms with van der Waals surface area (Å²) in [6.07, 6.45) is 11.6. The summed E-state index contributed by atoms with van der Waals surface area (Å²) in [5, 5.41) is 4.42. The number of nitrogen functional groups attached to an aromatic ring is 1. The Kier molecular flexibility index (Phi) is 7.59. The van der Waals surface area contributed by atoms with Crippen molar-refractivity contribution in [2.75, 3.05) is 30.3 Å². The van der Waals surface area contributed by atoms with Gasteiger partial charge in [0.1, 0.15) is 11.4 Å². The third-order valence-corrected chi connectivity index (χ3v) is 6.13. The molecule has 1 saturated heterocycles. The van der Waals surface area contributed by atoms with E-state index in [2.05, 4.69) is 33.8 Å². The molecule has 0 bridgehead atoms. The van der Waals surface area contributed by atoms with Gasteiger partial charge in [-0.3, -0.25) is 4.68 Å². The molecule has 4 rings (SSSR count). The van der Waals surface area contributed by atoms with Gasteiger partial charge in [-0.1, -0.05) is 13.8 Å². The van der Waals surface area contributed by atoms with E-state index in [0.717, 1.165) is 74.5 Å². The first-order valence-corrected chi connectivity index (χ1v) is 11.9. The fraction of sp³-hybridized carbons (Fsp3) is 0.480. The van der Waals surface area contributed by atoms with Crippen LogP contribution in [0.15, 0.2) is 36.9 Å². The first-order valence-electron chi connectivity index (χ1n) is 11.9. The highest BCUT2D eigenvalue weighted by Crippen LogP contribution is 2.26. The lowest BCUT2D eigenvalue weighted by atomic mass is 9.92. The van der Waals surface area contributed by atoms with Crippen molar-refractivity contribution in [3.8, 4) is 16.9 Å². The van der Waals surface area contributed by atoms with E-state index in [9.17, 15) is 8.78 Å². The first-order chi connectivity index (χ1) is 16.4. The Bertz CT molecular complexity index is 1050. The van der Waals surface area contributed by atoms with E-state index in [0.29, 0.717) is 18.4 Å². The Labute approximate surface area is 199 Å². The fourth-order valence-corrected chi connectivity index (χ4v) is 4.25. The van der Waals surface area contributed by atoms with E-state index >= 15 is 0 Å². The van der Waals surface area contributed by atoms with Crippen LogP contribution in [0.4, 0.5) is 20.4 Å². The summed E-state index contributed by atoms with van der Waals surface area (Å²) in [5.41, 5.74) is 6.80. The number of hydrogen-bond donors (Lipinski definition) is 1. The van der Waals surface area contributed by atoms with E-state index in [1.165, 1.54) is 0 Å². The second-order valence-electron chi connectivity index (χ2n) is 9.34. The van der Waals surface area contributed by atoms with Crippen molar-refractivity contribution in [2.45, 2.75) is 46.1 Å². The van der Waals surface area contributed by atoms with Crippen molar-refractivity contribution in [3.05, 3.63) is 48.6 Å². The summed E-state index contributed by atoms with van der Waals surface area (Å²) in [6.45, 7) is 7.46. The van der Waals surface area contributed by atoms with E-state index in [-0.39, 0.29) is 5.75 Å². The molecule has 0 spiro atoms. The minimum Gasteiger partial charge on any atom is -0.493 e. The highest BCUT2D eigenvalue weighted by molar-refractivity contribution is 5.60. The molecule has 0 saturated carbocycles. The normalized spacial score (nSPS) is 14.7. The van der Waals surface area contributed by atoms with E-state index in [1.807, 2.05) is 29.5 Å². The molecule has 9 heteroatoms. The van der Waals surface area contributed by atoms with Gasteiger partial charge in [-0.25, -0.2) is 18.7 Å². The van der Waals surface area contributed by atoms with Gasteiger partial charge in [0, 0.05) is 61.5 Å². The van der Waals surface area contributed by atoms with Crippen molar-refractivity contribution in [1.82, 2.24) is 19.7 Å². The molecule has 1 aromatic carbocycles. The van der Waals surface area contributed by atoms with Gasteiger partial charge in [0.2, 0.25) is 5.95 Å². The van der Waals surface area contributed by atoms with Crippen LogP contribution in [0.1, 0.15) is 39.5 Å². The summed E-state index contributed by atoms with van der Waals surface area (Å²) in [4.78, 5) is 11.4. The first kappa shape index (κ1) is 23.9. The number of aromatic nitrogens is 4. The molecule has 3 heterocycles. The van der Waals surface area contributed by atoms with Crippen LogP contribution >= 0.6 is 0 Å². The van der Waals surface area contributed by atoms with Gasteiger partial charge in [0.25, 0.3) is 0 Å². The lowest BCUT2D eigenvalue weighted by molar-refractivity contribution is 0.277. The van der Waals surface area contributed by atoms with Gasteiger partial charge in [-0.05, 0) is 37.5 Å². The molecule has 0 amide bonds. The Balaban J connectivity index is 1.20.